The first-order valence-electron chi connectivity index (χ1n) is 15.0. The minimum absolute atomic E-state index is 0. The number of pyridine rings is 1. The van der Waals surface area contributed by atoms with Crippen molar-refractivity contribution in [3.05, 3.63) is 30.1 Å². The second-order valence-electron chi connectivity index (χ2n) is 10.2. The molecule has 0 radical (unpaired) electrons. The van der Waals surface area contributed by atoms with E-state index in [0.717, 1.165) is 25.1 Å². The molecule has 214 valence electrons. The average Bonchev–Trinajstić information content (AvgIpc) is 2.88. The number of unbranched alkanes of at least 4 members (excludes halogenated alkanes) is 17. The molecule has 1 rings (SSSR count). The highest BCUT2D eigenvalue weighted by atomic mass is 127. The predicted octanol–water partition coefficient (Wildman–Crippen LogP) is 5.52. The number of amides is 2. The van der Waals surface area contributed by atoms with E-state index in [1.807, 2.05) is 35.9 Å². The zero-order chi connectivity index (χ0) is 26.3. The van der Waals surface area contributed by atoms with Crippen LogP contribution >= 0.6 is 0 Å². The van der Waals surface area contributed by atoms with Gasteiger partial charge in [0, 0.05) is 19.1 Å². The summed E-state index contributed by atoms with van der Waals surface area (Å²) in [5, 5.41) is 0. The van der Waals surface area contributed by atoms with E-state index < -0.39 is 6.09 Å². The van der Waals surface area contributed by atoms with Gasteiger partial charge in [-0.1, -0.05) is 122 Å². The first kappa shape index (κ1) is 35.8. The molecule has 0 N–H and O–H groups in total. The van der Waals surface area contributed by atoms with Crippen LogP contribution in [0.5, 0.6) is 0 Å². The van der Waals surface area contributed by atoms with E-state index >= 15 is 0 Å². The molecule has 6 heteroatoms. The normalized spacial score (nSPS) is 10.7. The lowest BCUT2D eigenvalue weighted by Gasteiger charge is -2.17. The van der Waals surface area contributed by atoms with E-state index in [1.54, 1.807) is 0 Å². The lowest BCUT2D eigenvalue weighted by atomic mass is 10.0. The number of carbonyl (C=O) groups is 2. The Morgan fingerprint density at radius 3 is 1.62 bits per heavy atom. The monoisotopic (exact) mass is 630 g/mol. The molecule has 0 atom stereocenters. The molecular formula is C31H55IN2O3. The van der Waals surface area contributed by atoms with E-state index in [9.17, 15) is 9.59 Å². The smallest absolute Gasteiger partial charge is 0.417 e. The molecule has 0 aliphatic rings. The predicted molar refractivity (Wildman–Crippen MR) is 149 cm³/mol. The van der Waals surface area contributed by atoms with E-state index in [-0.39, 0.29) is 36.4 Å². The number of ether oxygens (including phenoxy) is 1. The summed E-state index contributed by atoms with van der Waals surface area (Å²) in [5.41, 5.74) is 0.917. The van der Waals surface area contributed by atoms with Gasteiger partial charge in [-0.05, 0) is 13.3 Å². The minimum atomic E-state index is -0.541. The Kier molecular flexibility index (Phi) is 24.3. The number of rotatable bonds is 22. The lowest BCUT2D eigenvalue weighted by Crippen LogP contribution is -3.00. The van der Waals surface area contributed by atoms with Gasteiger partial charge in [-0.3, -0.25) is 4.79 Å². The number of hydrogen-bond donors (Lipinski definition) is 0. The van der Waals surface area contributed by atoms with Crippen LogP contribution in [0.15, 0.2) is 24.4 Å². The van der Waals surface area contributed by atoms with Gasteiger partial charge >= 0.3 is 6.09 Å². The fraction of sp³-hybridized carbons (Fsp3) is 0.774. The molecule has 1 heterocycles. The summed E-state index contributed by atoms with van der Waals surface area (Å²) in [5.74, 6) is -0.288. The highest BCUT2D eigenvalue weighted by Gasteiger charge is 2.23. The third-order valence-corrected chi connectivity index (χ3v) is 7.02. The second-order valence-corrected chi connectivity index (χ2v) is 10.2. The van der Waals surface area contributed by atoms with Crippen molar-refractivity contribution in [3.63, 3.8) is 0 Å². The first-order chi connectivity index (χ1) is 17.6. The molecule has 0 aliphatic carbocycles. The number of aryl methyl sites for hydroxylation is 1. The summed E-state index contributed by atoms with van der Waals surface area (Å²) in [4.78, 5) is 25.6. The van der Waals surface area contributed by atoms with Crippen LogP contribution in [0, 0.1) is 0 Å². The van der Waals surface area contributed by atoms with Gasteiger partial charge in [-0.15, -0.1) is 0 Å². The Labute approximate surface area is 245 Å². The van der Waals surface area contributed by atoms with Crippen LogP contribution in [0.25, 0.3) is 0 Å². The highest BCUT2D eigenvalue weighted by molar-refractivity contribution is 5.90. The summed E-state index contributed by atoms with van der Waals surface area (Å²) in [6, 6.07) is 5.80. The fourth-order valence-corrected chi connectivity index (χ4v) is 4.67. The molecule has 0 saturated heterocycles. The van der Waals surface area contributed by atoms with Crippen molar-refractivity contribution in [2.24, 2.45) is 0 Å². The lowest BCUT2D eigenvalue weighted by molar-refractivity contribution is -0.701. The van der Waals surface area contributed by atoms with Gasteiger partial charge in [0.25, 0.3) is 0 Å². The topological polar surface area (TPSA) is 50.5 Å². The number of nitrogens with zero attached hydrogens (tertiary/aromatic N) is 2. The summed E-state index contributed by atoms with van der Waals surface area (Å²) in [6.07, 6.45) is 25.4. The Hall–Kier alpha value is -1.18. The number of hydrogen-bond acceptors (Lipinski definition) is 3. The summed E-state index contributed by atoms with van der Waals surface area (Å²) in [7, 11) is 0. The molecule has 0 bridgehead atoms. The van der Waals surface area contributed by atoms with E-state index in [4.69, 9.17) is 4.74 Å². The van der Waals surface area contributed by atoms with Crippen LogP contribution in [0.2, 0.25) is 0 Å². The van der Waals surface area contributed by atoms with Crippen molar-refractivity contribution in [2.75, 3.05) is 6.61 Å². The maximum absolute atomic E-state index is 12.4. The molecule has 1 aromatic rings. The molecule has 0 fully saturated rings. The molecule has 1 aromatic heterocycles. The Morgan fingerprint density at radius 1 is 0.730 bits per heavy atom. The third kappa shape index (κ3) is 18.7. The Morgan fingerprint density at radius 2 is 1.19 bits per heavy atom. The molecule has 2 amide bonds. The number of halogens is 1. The van der Waals surface area contributed by atoms with Crippen LogP contribution in [0.3, 0.4) is 0 Å². The molecule has 0 saturated carbocycles. The molecule has 37 heavy (non-hydrogen) atoms. The average molecular weight is 631 g/mol. The summed E-state index contributed by atoms with van der Waals surface area (Å²) >= 11 is 0. The molecule has 0 aromatic carbocycles. The number of aromatic nitrogens is 1. The van der Waals surface area contributed by atoms with E-state index in [1.165, 1.54) is 115 Å². The molecule has 0 spiro atoms. The van der Waals surface area contributed by atoms with E-state index in [0.29, 0.717) is 6.61 Å². The SMILES string of the molecule is CCCCCCCCCCCCCCCCCCCCOC(=O)N(Cc1cccc[n+]1CC)C(C)=O.[I-]. The van der Waals surface area contributed by atoms with Crippen molar-refractivity contribution in [2.45, 2.75) is 149 Å². The van der Waals surface area contributed by atoms with Gasteiger partial charge in [-0.25, -0.2) is 14.3 Å². The zero-order valence-electron chi connectivity index (χ0n) is 24.2. The van der Waals surface area contributed by atoms with Gasteiger partial charge < -0.3 is 28.7 Å². The quantitative estimate of drug-likeness (QED) is 0.0963. The molecule has 0 aliphatic heterocycles. The van der Waals surface area contributed by atoms with Crippen molar-refractivity contribution < 1.29 is 42.9 Å². The van der Waals surface area contributed by atoms with Crippen molar-refractivity contribution in [1.29, 1.82) is 0 Å². The summed E-state index contributed by atoms with van der Waals surface area (Å²) in [6.45, 7) is 7.14. The summed E-state index contributed by atoms with van der Waals surface area (Å²) < 4.78 is 7.43. The fourth-order valence-electron chi connectivity index (χ4n) is 4.67. The molecular weight excluding hydrogens is 575 g/mol. The van der Waals surface area contributed by atoms with Gasteiger partial charge in [0.2, 0.25) is 11.6 Å². The zero-order valence-corrected chi connectivity index (χ0v) is 26.3. The van der Waals surface area contributed by atoms with Gasteiger partial charge in [-0.2, -0.15) is 0 Å². The maximum atomic E-state index is 12.4. The van der Waals surface area contributed by atoms with Crippen LogP contribution in [-0.2, 0) is 22.6 Å². The minimum Gasteiger partial charge on any atom is -1.00 e. The van der Waals surface area contributed by atoms with Crippen molar-refractivity contribution in [1.82, 2.24) is 4.90 Å². The molecule has 0 unspecified atom stereocenters. The Balaban J connectivity index is 0.0000130. The van der Waals surface area contributed by atoms with Crippen molar-refractivity contribution >= 4 is 12.0 Å². The standard InChI is InChI=1S/C31H55N2O3.HI/c1-4-6-7-8-9-10-11-12-13-14-15-16-17-18-19-20-21-24-27-36-31(35)33(29(3)34)28-30-25-22-23-26-32(30)5-2;/h22-23,25-26H,4-21,24,27-28H2,1-3H3;1H/q+1;/p-1. The van der Waals surface area contributed by atoms with Crippen LogP contribution in [0.4, 0.5) is 4.79 Å². The second kappa shape index (κ2) is 25.1. The van der Waals surface area contributed by atoms with Crippen LogP contribution in [-0.4, -0.2) is 23.5 Å². The van der Waals surface area contributed by atoms with Gasteiger partial charge in [0.05, 0.1) is 6.61 Å². The van der Waals surface area contributed by atoms with Crippen molar-refractivity contribution in [3.8, 4) is 0 Å². The van der Waals surface area contributed by atoms with E-state index in [2.05, 4.69) is 6.92 Å². The number of imide groups is 1. The molecule has 5 nitrogen and oxygen atoms in total. The first-order valence-corrected chi connectivity index (χ1v) is 15.0. The van der Waals surface area contributed by atoms with Gasteiger partial charge in [0.1, 0.15) is 13.1 Å². The van der Waals surface area contributed by atoms with Crippen LogP contribution < -0.4 is 28.5 Å². The maximum Gasteiger partial charge on any atom is 0.417 e. The van der Waals surface area contributed by atoms with Gasteiger partial charge in [0.15, 0.2) is 6.20 Å². The van der Waals surface area contributed by atoms with Crippen LogP contribution in [0.1, 0.15) is 142 Å². The Bertz CT molecular complexity index is 699. The number of carbonyl (C=O) groups excluding carboxylic acids is 2. The highest BCUT2D eigenvalue weighted by Crippen LogP contribution is 2.14. The largest absolute Gasteiger partial charge is 1.00 e. The third-order valence-electron chi connectivity index (χ3n) is 7.02.